The molecule has 3 heterocycles. The van der Waals surface area contributed by atoms with E-state index in [4.69, 9.17) is 4.98 Å². The van der Waals surface area contributed by atoms with E-state index in [0.717, 1.165) is 45.3 Å². The second-order valence-electron chi connectivity index (χ2n) is 9.47. The number of amides is 1. The average molecular weight is 611 g/mol. The summed E-state index contributed by atoms with van der Waals surface area (Å²) in [5.41, 5.74) is 4.14. The number of carbonyl (C=O) groups is 1. The Labute approximate surface area is 247 Å². The number of hydrogen-bond acceptors (Lipinski definition) is 7. The summed E-state index contributed by atoms with van der Waals surface area (Å²) in [6, 6.07) is 23.0. The predicted octanol–water partition coefficient (Wildman–Crippen LogP) is 6.51. The summed E-state index contributed by atoms with van der Waals surface area (Å²) in [6.07, 6.45) is 0.894. The van der Waals surface area contributed by atoms with Gasteiger partial charge < -0.3 is 10.2 Å². The minimum absolute atomic E-state index is 0. The highest BCUT2D eigenvalue weighted by Crippen LogP contribution is 2.45. The molecule has 0 bridgehead atoms. The third-order valence-electron chi connectivity index (χ3n) is 6.88. The molecule has 0 fully saturated rings. The molecule has 40 heavy (non-hydrogen) atoms. The van der Waals surface area contributed by atoms with Gasteiger partial charge in [-0.3, -0.25) is 9.10 Å². The molecular weight excluding hydrogens is 584 g/mol. The molecule has 0 saturated heterocycles. The standard InChI is InChI=1S/C29H26N4O3S3.ClH/c1-32-17-16-22-25(18-32)38-29(26(22)28-30-23-10-6-7-11-24(23)37-28)31-27(34)19-12-14-21(15-13-19)39(35,36)33(2)20-8-4-3-5-9-20;/h3-15H,16-18H2,1-2H3,(H,31,34);1H. The maximum atomic E-state index is 13.4. The Bertz CT molecular complexity index is 1750. The van der Waals surface area contributed by atoms with Crippen LogP contribution < -0.4 is 9.62 Å². The SMILES string of the molecule is CN1CCc2c(sc(NC(=O)c3ccc(S(=O)(=O)N(C)c4ccccc4)cc3)c2-c2nc3ccccc3s2)C1.Cl. The number of thiophene rings is 1. The number of sulfonamides is 1. The van der Waals surface area contributed by atoms with Crippen molar-refractivity contribution in [3.63, 3.8) is 0 Å². The van der Waals surface area contributed by atoms with Gasteiger partial charge in [0, 0.05) is 36.1 Å². The van der Waals surface area contributed by atoms with E-state index in [1.54, 1.807) is 59.1 Å². The Hall–Kier alpha value is -3.28. The predicted molar refractivity (Wildman–Crippen MR) is 167 cm³/mol. The third-order valence-corrected chi connectivity index (χ3v) is 10.9. The van der Waals surface area contributed by atoms with Crippen molar-refractivity contribution in [1.82, 2.24) is 9.88 Å². The Morgan fingerprint density at radius 1 is 0.975 bits per heavy atom. The number of benzene rings is 3. The molecule has 1 amide bonds. The van der Waals surface area contributed by atoms with Crippen LogP contribution in [-0.4, -0.2) is 44.8 Å². The topological polar surface area (TPSA) is 82.6 Å². The molecular formula is C29H27ClN4O3S3. The third kappa shape index (κ3) is 5.25. The number of anilines is 2. The van der Waals surface area contributed by atoms with Crippen LogP contribution in [0.1, 0.15) is 20.8 Å². The molecule has 1 aliphatic heterocycles. The summed E-state index contributed by atoms with van der Waals surface area (Å²) < 4.78 is 28.6. The van der Waals surface area contributed by atoms with Crippen LogP contribution in [0.5, 0.6) is 0 Å². The van der Waals surface area contributed by atoms with Crippen LogP contribution in [0.25, 0.3) is 20.8 Å². The summed E-state index contributed by atoms with van der Waals surface area (Å²) >= 11 is 3.22. The van der Waals surface area contributed by atoms with Crippen molar-refractivity contribution in [2.75, 3.05) is 30.3 Å². The number of rotatable bonds is 6. The largest absolute Gasteiger partial charge is 0.313 e. The molecule has 11 heteroatoms. The average Bonchev–Trinajstić information content (AvgIpc) is 3.53. The van der Waals surface area contributed by atoms with Crippen LogP contribution in [0.15, 0.2) is 83.8 Å². The first-order valence-electron chi connectivity index (χ1n) is 12.5. The zero-order chi connectivity index (χ0) is 27.1. The molecule has 1 N–H and O–H groups in total. The highest BCUT2D eigenvalue weighted by molar-refractivity contribution is 7.92. The van der Waals surface area contributed by atoms with Crippen LogP contribution >= 0.6 is 35.1 Å². The molecule has 6 rings (SSSR count). The first-order chi connectivity index (χ1) is 18.8. The number of thiazole rings is 1. The number of fused-ring (bicyclic) bond motifs is 2. The molecule has 0 aliphatic carbocycles. The molecule has 3 aromatic carbocycles. The highest BCUT2D eigenvalue weighted by atomic mass is 35.5. The van der Waals surface area contributed by atoms with Gasteiger partial charge in [0.05, 0.1) is 20.8 Å². The Morgan fingerprint density at radius 2 is 1.68 bits per heavy atom. The fourth-order valence-corrected chi connectivity index (χ4v) is 8.34. The lowest BCUT2D eigenvalue weighted by atomic mass is 10.0. The maximum absolute atomic E-state index is 13.4. The van der Waals surface area contributed by atoms with Gasteiger partial charge in [0.2, 0.25) is 0 Å². The first-order valence-corrected chi connectivity index (χ1v) is 15.5. The Kier molecular flexibility index (Phi) is 7.98. The molecule has 0 radical (unpaired) electrons. The number of hydrogen-bond donors (Lipinski definition) is 1. The number of nitrogens with one attached hydrogen (secondary N) is 1. The number of halogens is 1. The Morgan fingerprint density at radius 3 is 2.40 bits per heavy atom. The molecule has 0 unspecified atom stereocenters. The van der Waals surface area contributed by atoms with E-state index in [-0.39, 0.29) is 23.2 Å². The van der Waals surface area contributed by atoms with Gasteiger partial charge in [0.15, 0.2) is 0 Å². The molecule has 1 aliphatic rings. The van der Waals surface area contributed by atoms with Gasteiger partial charge in [-0.15, -0.1) is 35.1 Å². The quantitative estimate of drug-likeness (QED) is 0.237. The molecule has 0 spiro atoms. The normalized spacial score (nSPS) is 13.4. The molecule has 5 aromatic rings. The molecule has 0 atom stereocenters. The second-order valence-corrected chi connectivity index (χ2v) is 13.6. The van der Waals surface area contributed by atoms with Crippen molar-refractivity contribution in [3.8, 4) is 10.6 Å². The highest BCUT2D eigenvalue weighted by Gasteiger charge is 2.27. The van der Waals surface area contributed by atoms with Gasteiger partial charge in [0.1, 0.15) is 10.0 Å². The van der Waals surface area contributed by atoms with Gasteiger partial charge in [-0.2, -0.15) is 0 Å². The van der Waals surface area contributed by atoms with Crippen molar-refractivity contribution in [3.05, 3.63) is 94.9 Å². The number of para-hydroxylation sites is 2. The summed E-state index contributed by atoms with van der Waals surface area (Å²) in [4.78, 5) is 21.9. The number of nitrogens with zero attached hydrogens (tertiary/aromatic N) is 3. The lowest BCUT2D eigenvalue weighted by Crippen LogP contribution is -2.26. The van der Waals surface area contributed by atoms with Crippen LogP contribution in [0.4, 0.5) is 10.7 Å². The van der Waals surface area contributed by atoms with Crippen LogP contribution in [0, 0.1) is 0 Å². The van der Waals surface area contributed by atoms with Gasteiger partial charge in [-0.1, -0.05) is 30.3 Å². The molecule has 0 saturated carbocycles. The molecule has 206 valence electrons. The van der Waals surface area contributed by atoms with Gasteiger partial charge in [-0.25, -0.2) is 13.4 Å². The lowest BCUT2D eigenvalue weighted by Gasteiger charge is -2.22. The lowest BCUT2D eigenvalue weighted by molar-refractivity contribution is 0.102. The van der Waals surface area contributed by atoms with Crippen molar-refractivity contribution < 1.29 is 13.2 Å². The van der Waals surface area contributed by atoms with Gasteiger partial charge in [0.25, 0.3) is 15.9 Å². The summed E-state index contributed by atoms with van der Waals surface area (Å²) in [7, 11) is -0.145. The maximum Gasteiger partial charge on any atom is 0.264 e. The monoisotopic (exact) mass is 610 g/mol. The van der Waals surface area contributed by atoms with Crippen molar-refractivity contribution in [1.29, 1.82) is 0 Å². The zero-order valence-electron chi connectivity index (χ0n) is 21.8. The minimum atomic E-state index is -3.76. The second kappa shape index (κ2) is 11.3. The van der Waals surface area contributed by atoms with E-state index in [1.807, 2.05) is 24.3 Å². The number of likely N-dealkylation sites (N-methyl/N-ethyl adjacent to an activating group) is 1. The summed E-state index contributed by atoms with van der Waals surface area (Å²) in [6.45, 7) is 1.78. The zero-order valence-corrected chi connectivity index (χ0v) is 25.1. The Balaban J connectivity index is 0.00000323. The van der Waals surface area contributed by atoms with E-state index < -0.39 is 10.0 Å². The van der Waals surface area contributed by atoms with E-state index in [9.17, 15) is 13.2 Å². The van der Waals surface area contributed by atoms with Crippen molar-refractivity contribution >= 4 is 71.9 Å². The number of aromatic nitrogens is 1. The van der Waals surface area contributed by atoms with Gasteiger partial charge in [-0.05, 0) is 67.6 Å². The minimum Gasteiger partial charge on any atom is -0.313 e. The van der Waals surface area contributed by atoms with Crippen molar-refractivity contribution in [2.24, 2.45) is 0 Å². The summed E-state index contributed by atoms with van der Waals surface area (Å²) in [5.74, 6) is -0.287. The van der Waals surface area contributed by atoms with Crippen LogP contribution in [0.3, 0.4) is 0 Å². The number of carbonyl (C=O) groups excluding carboxylic acids is 1. The smallest absolute Gasteiger partial charge is 0.264 e. The van der Waals surface area contributed by atoms with Crippen molar-refractivity contribution in [2.45, 2.75) is 17.9 Å². The van der Waals surface area contributed by atoms with E-state index >= 15 is 0 Å². The molecule has 7 nitrogen and oxygen atoms in total. The first kappa shape index (κ1) is 28.3. The van der Waals surface area contributed by atoms with Crippen LogP contribution in [0.2, 0.25) is 0 Å². The van der Waals surface area contributed by atoms with E-state index in [2.05, 4.69) is 23.3 Å². The van der Waals surface area contributed by atoms with Crippen LogP contribution in [-0.2, 0) is 23.0 Å². The summed E-state index contributed by atoms with van der Waals surface area (Å²) in [5, 5.41) is 4.80. The van der Waals surface area contributed by atoms with E-state index in [0.29, 0.717) is 11.3 Å². The molecule has 2 aromatic heterocycles. The van der Waals surface area contributed by atoms with Gasteiger partial charge >= 0.3 is 0 Å². The fourth-order valence-electron chi connectivity index (χ4n) is 4.71. The van der Waals surface area contributed by atoms with E-state index in [1.165, 1.54) is 33.9 Å². The fraction of sp³-hybridized carbons (Fsp3) is 0.172.